The SMILES string of the molecule is CCN(CC)CCC(N)c1ccc(OC)c(OC)c1. The molecule has 0 amide bonds. The van der Waals surface area contributed by atoms with Gasteiger partial charge in [0, 0.05) is 6.04 Å². The Bertz CT molecular complexity index is 378. The van der Waals surface area contributed by atoms with Crippen LogP contribution in [0.3, 0.4) is 0 Å². The second kappa shape index (κ2) is 8.02. The van der Waals surface area contributed by atoms with E-state index in [1.165, 1.54) is 0 Å². The van der Waals surface area contributed by atoms with Gasteiger partial charge in [-0.15, -0.1) is 0 Å². The molecule has 0 spiro atoms. The first kappa shape index (κ1) is 15.8. The highest BCUT2D eigenvalue weighted by molar-refractivity contribution is 5.43. The number of benzene rings is 1. The van der Waals surface area contributed by atoms with E-state index in [1.807, 2.05) is 18.2 Å². The number of hydrogen-bond acceptors (Lipinski definition) is 4. The van der Waals surface area contributed by atoms with Crippen molar-refractivity contribution in [3.05, 3.63) is 23.8 Å². The van der Waals surface area contributed by atoms with E-state index >= 15 is 0 Å². The van der Waals surface area contributed by atoms with Gasteiger partial charge in [-0.2, -0.15) is 0 Å². The van der Waals surface area contributed by atoms with Crippen LogP contribution in [-0.2, 0) is 0 Å². The Morgan fingerprint density at radius 1 is 1.11 bits per heavy atom. The molecule has 1 atom stereocenters. The summed E-state index contributed by atoms with van der Waals surface area (Å²) in [6.07, 6.45) is 0.942. The van der Waals surface area contributed by atoms with Crippen LogP contribution in [0.1, 0.15) is 31.9 Å². The zero-order chi connectivity index (χ0) is 14.3. The lowest BCUT2D eigenvalue weighted by molar-refractivity contribution is 0.290. The minimum atomic E-state index is 0.0282. The number of ether oxygens (including phenoxy) is 2. The van der Waals surface area contributed by atoms with Gasteiger partial charge in [-0.3, -0.25) is 0 Å². The van der Waals surface area contributed by atoms with Crippen molar-refractivity contribution in [3.63, 3.8) is 0 Å². The molecule has 2 N–H and O–H groups in total. The summed E-state index contributed by atoms with van der Waals surface area (Å²) < 4.78 is 10.5. The van der Waals surface area contributed by atoms with Gasteiger partial charge in [0.25, 0.3) is 0 Å². The molecule has 0 aliphatic carbocycles. The zero-order valence-corrected chi connectivity index (χ0v) is 12.5. The molecule has 4 heteroatoms. The van der Waals surface area contributed by atoms with E-state index in [2.05, 4.69) is 18.7 Å². The molecule has 0 aliphatic heterocycles. The minimum absolute atomic E-state index is 0.0282. The van der Waals surface area contributed by atoms with Crippen molar-refractivity contribution in [3.8, 4) is 11.5 Å². The fourth-order valence-electron chi connectivity index (χ4n) is 2.11. The van der Waals surface area contributed by atoms with Crippen LogP contribution in [-0.4, -0.2) is 38.8 Å². The van der Waals surface area contributed by atoms with E-state index in [9.17, 15) is 0 Å². The molecule has 0 saturated carbocycles. The van der Waals surface area contributed by atoms with E-state index in [1.54, 1.807) is 14.2 Å². The molecule has 0 bridgehead atoms. The van der Waals surface area contributed by atoms with E-state index in [0.717, 1.165) is 43.1 Å². The third kappa shape index (κ3) is 4.40. The van der Waals surface area contributed by atoms with Gasteiger partial charge in [0.15, 0.2) is 11.5 Å². The summed E-state index contributed by atoms with van der Waals surface area (Å²) in [5, 5.41) is 0. The van der Waals surface area contributed by atoms with E-state index in [0.29, 0.717) is 0 Å². The topological polar surface area (TPSA) is 47.7 Å². The molecular weight excluding hydrogens is 240 g/mol. The van der Waals surface area contributed by atoms with Crippen molar-refractivity contribution < 1.29 is 9.47 Å². The highest BCUT2D eigenvalue weighted by Crippen LogP contribution is 2.30. The van der Waals surface area contributed by atoms with Crippen molar-refractivity contribution >= 4 is 0 Å². The highest BCUT2D eigenvalue weighted by Gasteiger charge is 2.11. The van der Waals surface area contributed by atoms with Crippen LogP contribution in [0.25, 0.3) is 0 Å². The maximum absolute atomic E-state index is 6.24. The molecule has 0 aromatic heterocycles. The molecule has 1 aromatic rings. The predicted molar refractivity (Wildman–Crippen MR) is 78.9 cm³/mol. The quantitative estimate of drug-likeness (QED) is 0.785. The average Bonchev–Trinajstić information content (AvgIpc) is 2.47. The zero-order valence-electron chi connectivity index (χ0n) is 12.5. The van der Waals surface area contributed by atoms with Crippen molar-refractivity contribution in [1.29, 1.82) is 0 Å². The van der Waals surface area contributed by atoms with E-state index in [-0.39, 0.29) is 6.04 Å². The van der Waals surface area contributed by atoms with Crippen LogP contribution in [0.2, 0.25) is 0 Å². The van der Waals surface area contributed by atoms with Crippen LogP contribution in [0.5, 0.6) is 11.5 Å². The van der Waals surface area contributed by atoms with Gasteiger partial charge in [-0.25, -0.2) is 0 Å². The van der Waals surface area contributed by atoms with Gasteiger partial charge in [0.1, 0.15) is 0 Å². The van der Waals surface area contributed by atoms with Crippen LogP contribution < -0.4 is 15.2 Å². The summed E-state index contributed by atoms with van der Waals surface area (Å²) in [5.41, 5.74) is 7.33. The van der Waals surface area contributed by atoms with E-state index < -0.39 is 0 Å². The Balaban J connectivity index is 2.68. The standard InChI is InChI=1S/C15H26N2O2/c1-5-17(6-2)10-9-13(16)12-7-8-14(18-3)15(11-12)19-4/h7-8,11,13H,5-6,9-10,16H2,1-4H3. The maximum Gasteiger partial charge on any atom is 0.161 e. The fraction of sp³-hybridized carbons (Fsp3) is 0.600. The second-order valence-corrected chi connectivity index (χ2v) is 4.54. The third-order valence-electron chi connectivity index (χ3n) is 3.49. The Morgan fingerprint density at radius 2 is 1.74 bits per heavy atom. The Kier molecular flexibility index (Phi) is 6.67. The summed E-state index contributed by atoms with van der Waals surface area (Å²) >= 11 is 0. The van der Waals surface area contributed by atoms with Crippen molar-refractivity contribution in [1.82, 2.24) is 4.90 Å². The summed E-state index contributed by atoms with van der Waals surface area (Å²) in [5.74, 6) is 1.47. The normalized spacial score (nSPS) is 12.5. The lowest BCUT2D eigenvalue weighted by atomic mass is 10.0. The van der Waals surface area contributed by atoms with Gasteiger partial charge in [0.2, 0.25) is 0 Å². The van der Waals surface area contributed by atoms with Gasteiger partial charge < -0.3 is 20.1 Å². The molecule has 4 nitrogen and oxygen atoms in total. The number of nitrogens with two attached hydrogens (primary N) is 1. The monoisotopic (exact) mass is 266 g/mol. The smallest absolute Gasteiger partial charge is 0.161 e. The second-order valence-electron chi connectivity index (χ2n) is 4.54. The molecule has 1 aromatic carbocycles. The van der Waals surface area contributed by atoms with Gasteiger partial charge in [-0.1, -0.05) is 19.9 Å². The van der Waals surface area contributed by atoms with E-state index in [4.69, 9.17) is 15.2 Å². The first-order valence-corrected chi connectivity index (χ1v) is 6.86. The van der Waals surface area contributed by atoms with Crippen LogP contribution in [0.4, 0.5) is 0 Å². The predicted octanol–water partition coefficient (Wildman–Crippen LogP) is 2.44. The molecule has 108 valence electrons. The summed E-state index contributed by atoms with van der Waals surface area (Å²) in [6.45, 7) is 7.49. The number of hydrogen-bond donors (Lipinski definition) is 1. The van der Waals surface area contributed by atoms with Gasteiger partial charge >= 0.3 is 0 Å². The lowest BCUT2D eigenvalue weighted by Gasteiger charge is -2.21. The third-order valence-corrected chi connectivity index (χ3v) is 3.49. The number of nitrogens with zero attached hydrogens (tertiary/aromatic N) is 1. The molecular formula is C15H26N2O2. The molecule has 1 unspecified atom stereocenters. The Hall–Kier alpha value is -1.26. The van der Waals surface area contributed by atoms with Crippen LogP contribution in [0.15, 0.2) is 18.2 Å². The lowest BCUT2D eigenvalue weighted by Crippen LogP contribution is -2.27. The molecule has 19 heavy (non-hydrogen) atoms. The minimum Gasteiger partial charge on any atom is -0.493 e. The first-order chi connectivity index (χ1) is 9.15. The highest BCUT2D eigenvalue weighted by atomic mass is 16.5. The Labute approximate surface area is 116 Å². The molecule has 0 aliphatic rings. The largest absolute Gasteiger partial charge is 0.493 e. The van der Waals surface area contributed by atoms with Gasteiger partial charge in [-0.05, 0) is 43.8 Å². The van der Waals surface area contributed by atoms with Crippen molar-refractivity contribution in [2.45, 2.75) is 26.3 Å². The van der Waals surface area contributed by atoms with Crippen LogP contribution in [0, 0.1) is 0 Å². The first-order valence-electron chi connectivity index (χ1n) is 6.86. The average molecular weight is 266 g/mol. The molecule has 1 rings (SSSR count). The van der Waals surface area contributed by atoms with Crippen LogP contribution >= 0.6 is 0 Å². The fourth-order valence-corrected chi connectivity index (χ4v) is 2.11. The maximum atomic E-state index is 6.24. The van der Waals surface area contributed by atoms with Crippen molar-refractivity contribution in [2.75, 3.05) is 33.9 Å². The summed E-state index contributed by atoms with van der Waals surface area (Å²) in [4.78, 5) is 2.38. The Morgan fingerprint density at radius 3 is 2.26 bits per heavy atom. The van der Waals surface area contributed by atoms with Gasteiger partial charge in [0.05, 0.1) is 14.2 Å². The number of methoxy groups -OCH3 is 2. The van der Waals surface area contributed by atoms with Crippen molar-refractivity contribution in [2.24, 2.45) is 5.73 Å². The molecule has 0 saturated heterocycles. The summed E-state index contributed by atoms with van der Waals surface area (Å²) in [6, 6.07) is 5.91. The molecule has 0 radical (unpaired) electrons. The summed E-state index contributed by atoms with van der Waals surface area (Å²) in [7, 11) is 3.28. The number of rotatable bonds is 8. The molecule has 0 fully saturated rings. The molecule has 0 heterocycles.